The van der Waals surface area contributed by atoms with Gasteiger partial charge in [-0.25, -0.2) is 5.10 Å². The number of hydrogen-bond donors (Lipinski definition) is 2. The van der Waals surface area contributed by atoms with Gasteiger partial charge in [-0.1, -0.05) is 0 Å². The Labute approximate surface area is 137 Å². The Balaban J connectivity index is 1.54. The second-order valence-electron chi connectivity index (χ2n) is 5.59. The van der Waals surface area contributed by atoms with Crippen molar-refractivity contribution < 1.29 is 9.59 Å². The lowest BCUT2D eigenvalue weighted by Crippen LogP contribution is -2.46. The largest absolute Gasteiger partial charge is 0.349 e. The van der Waals surface area contributed by atoms with E-state index in [0.717, 1.165) is 0 Å². The van der Waals surface area contributed by atoms with Crippen LogP contribution in [0.5, 0.6) is 0 Å². The first-order valence-electron chi connectivity index (χ1n) is 7.69. The van der Waals surface area contributed by atoms with Crippen LogP contribution in [0.1, 0.15) is 33.7 Å². The summed E-state index contributed by atoms with van der Waals surface area (Å²) in [6.45, 7) is 1.05. The molecule has 0 aromatic carbocycles. The van der Waals surface area contributed by atoms with Crippen LogP contribution in [-0.4, -0.2) is 51.0 Å². The fourth-order valence-electron chi connectivity index (χ4n) is 2.62. The number of aromatic nitrogens is 3. The zero-order valence-electron chi connectivity index (χ0n) is 12.9. The van der Waals surface area contributed by atoms with Gasteiger partial charge >= 0.3 is 0 Å². The van der Waals surface area contributed by atoms with Gasteiger partial charge in [0.05, 0.1) is 5.56 Å². The van der Waals surface area contributed by atoms with E-state index in [1.807, 2.05) is 0 Å². The molecular weight excluding hydrogens is 310 g/mol. The third-order valence-electron chi connectivity index (χ3n) is 3.94. The van der Waals surface area contributed by atoms with Crippen molar-refractivity contribution in [3.8, 4) is 0 Å². The lowest BCUT2D eigenvalue weighted by molar-refractivity contribution is 0.0691. The third kappa shape index (κ3) is 3.65. The fraction of sp³-hybridized carbons (Fsp3) is 0.312. The number of carbonyl (C=O) groups is 2. The summed E-state index contributed by atoms with van der Waals surface area (Å²) in [6.07, 6.45) is 4.48. The zero-order chi connectivity index (χ0) is 16.9. The molecule has 1 fully saturated rings. The number of amides is 2. The molecule has 0 saturated carbocycles. The molecule has 3 rings (SSSR count). The highest BCUT2D eigenvalue weighted by atomic mass is 16.2. The fourth-order valence-corrected chi connectivity index (χ4v) is 2.62. The van der Waals surface area contributed by atoms with E-state index in [0.29, 0.717) is 31.5 Å². The average Bonchev–Trinajstić information content (AvgIpc) is 2.63. The summed E-state index contributed by atoms with van der Waals surface area (Å²) in [5.41, 5.74) is 0.393. The lowest BCUT2D eigenvalue weighted by atomic mass is 10.0. The predicted molar refractivity (Wildman–Crippen MR) is 85.5 cm³/mol. The first-order chi connectivity index (χ1) is 11.6. The van der Waals surface area contributed by atoms with Crippen LogP contribution in [0.25, 0.3) is 0 Å². The summed E-state index contributed by atoms with van der Waals surface area (Å²) < 4.78 is 0. The molecule has 8 nitrogen and oxygen atoms in total. The van der Waals surface area contributed by atoms with E-state index in [1.165, 1.54) is 18.3 Å². The summed E-state index contributed by atoms with van der Waals surface area (Å²) in [5, 5.41) is 8.97. The number of nitrogens with one attached hydrogen (secondary N) is 2. The molecule has 8 heteroatoms. The molecule has 24 heavy (non-hydrogen) atoms. The summed E-state index contributed by atoms with van der Waals surface area (Å²) in [6, 6.07) is 6.14. The van der Waals surface area contributed by atoms with E-state index in [1.54, 1.807) is 23.2 Å². The molecule has 1 saturated heterocycles. The van der Waals surface area contributed by atoms with Crippen LogP contribution in [0.4, 0.5) is 0 Å². The molecule has 1 aliphatic rings. The molecular formula is C16H17N5O3. The van der Waals surface area contributed by atoms with Crippen LogP contribution in [0.15, 0.2) is 41.5 Å². The molecule has 2 aromatic heterocycles. The van der Waals surface area contributed by atoms with Gasteiger partial charge in [-0.15, -0.1) is 0 Å². The maximum atomic E-state index is 12.3. The van der Waals surface area contributed by atoms with Crippen molar-refractivity contribution in [1.82, 2.24) is 25.4 Å². The summed E-state index contributed by atoms with van der Waals surface area (Å²) >= 11 is 0. The first kappa shape index (κ1) is 15.9. The SMILES string of the molecule is O=C(NC1CCN(C(=O)c2ccc(=O)[nH]n2)CC1)c1cccnc1. The van der Waals surface area contributed by atoms with Crippen LogP contribution in [0, 0.1) is 0 Å². The molecule has 0 bridgehead atoms. The Hall–Kier alpha value is -3.03. The van der Waals surface area contributed by atoms with E-state index in [4.69, 9.17) is 0 Å². The minimum atomic E-state index is -0.344. The Bertz CT molecular complexity index is 761. The van der Waals surface area contributed by atoms with Gasteiger partial charge in [0, 0.05) is 37.6 Å². The van der Waals surface area contributed by atoms with Gasteiger partial charge in [0.25, 0.3) is 17.4 Å². The normalized spacial score (nSPS) is 15.1. The Morgan fingerprint density at radius 2 is 2.00 bits per heavy atom. The summed E-state index contributed by atoms with van der Waals surface area (Å²) in [4.78, 5) is 41.0. The first-order valence-corrected chi connectivity index (χ1v) is 7.69. The topological polar surface area (TPSA) is 108 Å². The van der Waals surface area contributed by atoms with E-state index < -0.39 is 0 Å². The van der Waals surface area contributed by atoms with Gasteiger partial charge < -0.3 is 10.2 Å². The maximum absolute atomic E-state index is 12.3. The van der Waals surface area contributed by atoms with E-state index in [9.17, 15) is 14.4 Å². The van der Waals surface area contributed by atoms with E-state index in [-0.39, 0.29) is 29.1 Å². The number of aromatic amines is 1. The quantitative estimate of drug-likeness (QED) is 0.837. The number of carbonyl (C=O) groups excluding carboxylic acids is 2. The van der Waals surface area contributed by atoms with Crippen molar-refractivity contribution in [2.24, 2.45) is 0 Å². The van der Waals surface area contributed by atoms with Crippen molar-refractivity contribution in [2.45, 2.75) is 18.9 Å². The van der Waals surface area contributed by atoms with Gasteiger partial charge in [-0.3, -0.25) is 19.4 Å². The predicted octanol–water partition coefficient (Wildman–Crippen LogP) is 0.200. The van der Waals surface area contributed by atoms with Crippen LogP contribution < -0.4 is 10.9 Å². The minimum absolute atomic E-state index is 0.0188. The Morgan fingerprint density at radius 1 is 1.21 bits per heavy atom. The Kier molecular flexibility index (Phi) is 4.64. The lowest BCUT2D eigenvalue weighted by Gasteiger charge is -2.32. The van der Waals surface area contributed by atoms with Crippen LogP contribution in [-0.2, 0) is 0 Å². The van der Waals surface area contributed by atoms with Crippen molar-refractivity contribution in [2.75, 3.05) is 13.1 Å². The molecule has 0 atom stereocenters. The van der Waals surface area contributed by atoms with Crippen molar-refractivity contribution in [3.63, 3.8) is 0 Å². The van der Waals surface area contributed by atoms with Crippen LogP contribution in [0.3, 0.4) is 0 Å². The highest BCUT2D eigenvalue weighted by molar-refractivity contribution is 5.94. The number of pyridine rings is 1. The minimum Gasteiger partial charge on any atom is -0.349 e. The van der Waals surface area contributed by atoms with Crippen LogP contribution in [0.2, 0.25) is 0 Å². The number of rotatable bonds is 3. The highest BCUT2D eigenvalue weighted by Crippen LogP contribution is 2.13. The number of H-pyrrole nitrogens is 1. The zero-order valence-corrected chi connectivity index (χ0v) is 12.9. The number of hydrogen-bond acceptors (Lipinski definition) is 5. The molecule has 3 heterocycles. The third-order valence-corrected chi connectivity index (χ3v) is 3.94. The second-order valence-corrected chi connectivity index (χ2v) is 5.59. The molecule has 0 aliphatic carbocycles. The second kappa shape index (κ2) is 7.03. The number of piperidine rings is 1. The van der Waals surface area contributed by atoms with Gasteiger partial charge in [0.1, 0.15) is 5.69 Å². The molecule has 2 aromatic rings. The standard InChI is InChI=1S/C16H17N5O3/c22-14-4-3-13(19-20-14)16(24)21-8-5-12(6-9-21)18-15(23)11-2-1-7-17-10-11/h1-4,7,10,12H,5-6,8-9H2,(H,18,23)(H,20,22). The van der Waals surface area contributed by atoms with Crippen molar-refractivity contribution in [1.29, 1.82) is 0 Å². The molecule has 1 aliphatic heterocycles. The average molecular weight is 327 g/mol. The smallest absolute Gasteiger partial charge is 0.274 e. The molecule has 0 unspecified atom stereocenters. The monoisotopic (exact) mass is 327 g/mol. The van der Waals surface area contributed by atoms with Crippen molar-refractivity contribution in [3.05, 3.63) is 58.3 Å². The molecule has 124 valence electrons. The molecule has 2 amide bonds. The Morgan fingerprint density at radius 3 is 2.62 bits per heavy atom. The van der Waals surface area contributed by atoms with Gasteiger partial charge in [-0.05, 0) is 31.0 Å². The van der Waals surface area contributed by atoms with Gasteiger partial charge in [0.15, 0.2) is 0 Å². The number of likely N-dealkylation sites (tertiary alicyclic amines) is 1. The summed E-state index contributed by atoms with van der Waals surface area (Å²) in [7, 11) is 0. The van der Waals surface area contributed by atoms with E-state index in [2.05, 4.69) is 20.5 Å². The summed E-state index contributed by atoms with van der Waals surface area (Å²) in [5.74, 6) is -0.376. The highest BCUT2D eigenvalue weighted by Gasteiger charge is 2.25. The molecule has 2 N–H and O–H groups in total. The van der Waals surface area contributed by atoms with Crippen LogP contribution >= 0.6 is 0 Å². The molecule has 0 radical (unpaired) electrons. The maximum Gasteiger partial charge on any atom is 0.274 e. The van der Waals surface area contributed by atoms with E-state index >= 15 is 0 Å². The van der Waals surface area contributed by atoms with Gasteiger partial charge in [-0.2, -0.15) is 5.10 Å². The van der Waals surface area contributed by atoms with Crippen molar-refractivity contribution >= 4 is 11.8 Å². The number of nitrogens with zero attached hydrogens (tertiary/aromatic N) is 3. The van der Waals surface area contributed by atoms with Gasteiger partial charge in [0.2, 0.25) is 0 Å². The molecule has 0 spiro atoms.